The van der Waals surface area contributed by atoms with Crippen LogP contribution in [0.15, 0.2) is 23.2 Å². The minimum atomic E-state index is 0. The van der Waals surface area contributed by atoms with Crippen molar-refractivity contribution in [2.24, 2.45) is 12.0 Å². The molecular formula is C21H33ClIN7O2. The second-order valence-electron chi connectivity index (χ2n) is 7.55. The van der Waals surface area contributed by atoms with Crippen LogP contribution in [0, 0.1) is 6.92 Å². The Morgan fingerprint density at radius 2 is 2.12 bits per heavy atom. The number of nitrogens with one attached hydrogen (secondary N) is 2. The van der Waals surface area contributed by atoms with Crippen molar-refractivity contribution in [1.82, 2.24) is 25.4 Å². The highest BCUT2D eigenvalue weighted by Gasteiger charge is 2.25. The maximum Gasteiger partial charge on any atom is 0.191 e. The van der Waals surface area contributed by atoms with E-state index in [2.05, 4.69) is 25.7 Å². The SMILES string of the molecule is COCCCNC(=NCc1nnc(C)n1C)NC1CCN(c2cc(Cl)ccc2OC)C1.I. The second kappa shape index (κ2) is 13.0. The number of guanidine groups is 1. The Morgan fingerprint density at radius 1 is 1.31 bits per heavy atom. The number of methoxy groups -OCH3 is 2. The van der Waals surface area contributed by atoms with Crippen molar-refractivity contribution in [1.29, 1.82) is 0 Å². The van der Waals surface area contributed by atoms with Crippen molar-refractivity contribution in [3.63, 3.8) is 0 Å². The number of ether oxygens (including phenoxy) is 2. The molecule has 3 rings (SSSR count). The topological polar surface area (TPSA) is 88.8 Å². The van der Waals surface area contributed by atoms with E-state index in [1.165, 1.54) is 0 Å². The van der Waals surface area contributed by atoms with E-state index in [1.807, 2.05) is 36.7 Å². The van der Waals surface area contributed by atoms with Crippen LogP contribution in [0.1, 0.15) is 24.5 Å². The highest BCUT2D eigenvalue weighted by atomic mass is 127. The summed E-state index contributed by atoms with van der Waals surface area (Å²) in [5.74, 6) is 3.29. The van der Waals surface area contributed by atoms with Crippen LogP contribution in [0.5, 0.6) is 5.75 Å². The molecule has 0 bridgehead atoms. The highest BCUT2D eigenvalue weighted by Crippen LogP contribution is 2.33. The van der Waals surface area contributed by atoms with Crippen molar-refractivity contribution in [3.8, 4) is 5.75 Å². The maximum absolute atomic E-state index is 6.22. The zero-order chi connectivity index (χ0) is 22.2. The standard InChI is InChI=1S/C21H32ClN7O2.HI/c1-15-26-27-20(28(15)2)13-24-21(23-9-5-11-30-3)25-17-8-10-29(14-17)18-12-16(22)6-7-19(18)31-4;/h6-7,12,17H,5,8-11,13-14H2,1-4H3,(H2,23,24,25);1H. The molecule has 0 saturated carbocycles. The lowest BCUT2D eigenvalue weighted by Crippen LogP contribution is -2.45. The van der Waals surface area contributed by atoms with E-state index in [-0.39, 0.29) is 30.0 Å². The van der Waals surface area contributed by atoms with Gasteiger partial charge in [-0.2, -0.15) is 0 Å². The van der Waals surface area contributed by atoms with Crippen LogP contribution in [-0.4, -0.2) is 67.2 Å². The zero-order valence-electron chi connectivity index (χ0n) is 19.1. The smallest absolute Gasteiger partial charge is 0.191 e. The zero-order valence-corrected chi connectivity index (χ0v) is 22.2. The molecule has 178 valence electrons. The van der Waals surface area contributed by atoms with Gasteiger partial charge in [0.2, 0.25) is 0 Å². The average Bonchev–Trinajstić information content (AvgIpc) is 3.36. The fraction of sp³-hybridized carbons (Fsp3) is 0.571. The number of aryl methyl sites for hydroxylation is 1. The minimum Gasteiger partial charge on any atom is -0.495 e. The summed E-state index contributed by atoms with van der Waals surface area (Å²) in [5.41, 5.74) is 1.01. The van der Waals surface area contributed by atoms with Gasteiger partial charge in [-0.1, -0.05) is 11.6 Å². The molecule has 11 heteroatoms. The van der Waals surface area contributed by atoms with E-state index in [1.54, 1.807) is 14.2 Å². The number of rotatable bonds is 9. The maximum atomic E-state index is 6.22. The van der Waals surface area contributed by atoms with Gasteiger partial charge < -0.3 is 29.6 Å². The molecule has 1 saturated heterocycles. The average molecular weight is 578 g/mol. The first kappa shape index (κ1) is 26.5. The van der Waals surface area contributed by atoms with Crippen molar-refractivity contribution in [2.45, 2.75) is 32.4 Å². The van der Waals surface area contributed by atoms with Crippen LogP contribution >= 0.6 is 35.6 Å². The molecule has 1 unspecified atom stereocenters. The fourth-order valence-corrected chi connectivity index (χ4v) is 3.68. The van der Waals surface area contributed by atoms with Crippen LogP contribution in [0.4, 0.5) is 5.69 Å². The summed E-state index contributed by atoms with van der Waals surface area (Å²) in [5, 5.41) is 16.0. The molecule has 0 radical (unpaired) electrons. The molecule has 1 aromatic heterocycles. The van der Waals surface area contributed by atoms with E-state index in [0.717, 1.165) is 61.5 Å². The number of aromatic nitrogens is 3. The monoisotopic (exact) mass is 577 g/mol. The Bertz CT molecular complexity index is 893. The summed E-state index contributed by atoms with van der Waals surface area (Å²) in [7, 11) is 5.34. The van der Waals surface area contributed by atoms with Crippen LogP contribution in [-0.2, 0) is 18.3 Å². The van der Waals surface area contributed by atoms with E-state index in [4.69, 9.17) is 26.1 Å². The number of hydrogen-bond donors (Lipinski definition) is 2. The summed E-state index contributed by atoms with van der Waals surface area (Å²) in [6.07, 6.45) is 1.88. The van der Waals surface area contributed by atoms with Crippen molar-refractivity contribution < 1.29 is 9.47 Å². The molecule has 2 N–H and O–H groups in total. The molecule has 2 heterocycles. The van der Waals surface area contributed by atoms with Crippen molar-refractivity contribution in [2.75, 3.05) is 45.4 Å². The van der Waals surface area contributed by atoms with Gasteiger partial charge in [-0.05, 0) is 38.0 Å². The van der Waals surface area contributed by atoms with Gasteiger partial charge in [-0.3, -0.25) is 0 Å². The van der Waals surface area contributed by atoms with E-state index in [0.29, 0.717) is 18.2 Å². The summed E-state index contributed by atoms with van der Waals surface area (Å²) < 4.78 is 12.6. The summed E-state index contributed by atoms with van der Waals surface area (Å²) in [4.78, 5) is 7.03. The third-order valence-electron chi connectivity index (χ3n) is 5.39. The van der Waals surface area contributed by atoms with Crippen LogP contribution in [0.25, 0.3) is 0 Å². The lowest BCUT2D eigenvalue weighted by atomic mass is 10.2. The molecule has 9 nitrogen and oxygen atoms in total. The molecule has 1 atom stereocenters. The third-order valence-corrected chi connectivity index (χ3v) is 5.62. The van der Waals surface area contributed by atoms with Gasteiger partial charge in [0.15, 0.2) is 11.8 Å². The van der Waals surface area contributed by atoms with Gasteiger partial charge in [0.25, 0.3) is 0 Å². The van der Waals surface area contributed by atoms with Gasteiger partial charge >= 0.3 is 0 Å². The summed E-state index contributed by atoms with van der Waals surface area (Å²) in [6, 6.07) is 5.96. The van der Waals surface area contributed by atoms with Crippen molar-refractivity contribution in [3.05, 3.63) is 34.9 Å². The van der Waals surface area contributed by atoms with Crippen LogP contribution < -0.4 is 20.3 Å². The number of benzene rings is 1. The Kier molecular flexibility index (Phi) is 10.8. The Balaban J connectivity index is 0.00000363. The van der Waals surface area contributed by atoms with Crippen molar-refractivity contribution >= 4 is 47.2 Å². The number of halogens is 2. The lowest BCUT2D eigenvalue weighted by molar-refractivity contribution is 0.195. The molecule has 1 fully saturated rings. The summed E-state index contributed by atoms with van der Waals surface area (Å²) in [6.45, 7) is 5.60. The first-order valence-electron chi connectivity index (χ1n) is 10.5. The molecule has 0 aliphatic carbocycles. The van der Waals surface area contributed by atoms with Gasteiger partial charge in [-0.25, -0.2) is 4.99 Å². The van der Waals surface area contributed by atoms with E-state index in [9.17, 15) is 0 Å². The predicted molar refractivity (Wildman–Crippen MR) is 139 cm³/mol. The molecule has 1 aliphatic rings. The van der Waals surface area contributed by atoms with Gasteiger partial charge in [0.1, 0.15) is 18.1 Å². The van der Waals surface area contributed by atoms with E-state index < -0.39 is 0 Å². The Labute approximate surface area is 211 Å². The number of nitrogens with zero attached hydrogens (tertiary/aromatic N) is 5. The Morgan fingerprint density at radius 3 is 2.81 bits per heavy atom. The first-order chi connectivity index (χ1) is 15.0. The molecule has 1 aliphatic heterocycles. The lowest BCUT2D eigenvalue weighted by Gasteiger charge is -2.22. The fourth-order valence-electron chi connectivity index (χ4n) is 3.51. The minimum absolute atomic E-state index is 0. The highest BCUT2D eigenvalue weighted by molar-refractivity contribution is 14.0. The first-order valence-corrected chi connectivity index (χ1v) is 10.9. The molecular weight excluding hydrogens is 545 g/mol. The second-order valence-corrected chi connectivity index (χ2v) is 7.99. The van der Waals surface area contributed by atoms with Gasteiger partial charge in [-0.15, -0.1) is 34.2 Å². The molecule has 1 aromatic carbocycles. The third kappa shape index (κ3) is 7.11. The molecule has 2 aromatic rings. The molecule has 0 amide bonds. The predicted octanol–water partition coefficient (Wildman–Crippen LogP) is 2.75. The quantitative estimate of drug-likeness (QED) is 0.205. The largest absolute Gasteiger partial charge is 0.495 e. The van der Waals surface area contributed by atoms with Crippen LogP contribution in [0.3, 0.4) is 0 Å². The molecule has 32 heavy (non-hydrogen) atoms. The van der Waals surface area contributed by atoms with Crippen LogP contribution in [0.2, 0.25) is 5.02 Å². The Hall–Kier alpha value is -1.79. The van der Waals surface area contributed by atoms with Gasteiger partial charge in [0, 0.05) is 51.5 Å². The number of hydrogen-bond acceptors (Lipinski definition) is 6. The summed E-state index contributed by atoms with van der Waals surface area (Å²) >= 11 is 6.22. The number of aliphatic imine (C=N–C) groups is 1. The normalized spacial score (nSPS) is 16.1. The van der Waals surface area contributed by atoms with E-state index >= 15 is 0 Å². The van der Waals surface area contributed by atoms with Gasteiger partial charge in [0.05, 0.1) is 12.8 Å². The molecule has 0 spiro atoms. The number of anilines is 1.